The molecule has 2 N–H and O–H groups in total. The minimum absolute atomic E-state index is 0.293. The van der Waals surface area contributed by atoms with Crippen LogP contribution in [-0.2, 0) is 0 Å². The Kier molecular flexibility index (Phi) is 2.36. The number of thioether (sulfide) groups is 1. The van der Waals surface area contributed by atoms with Gasteiger partial charge in [-0.05, 0) is 29.4 Å². The molecule has 0 bridgehead atoms. The van der Waals surface area contributed by atoms with Crippen molar-refractivity contribution in [3.05, 3.63) is 29.8 Å². The molecular weight excluding hydrogens is 190 g/mol. The maximum atomic E-state index is 6.04. The maximum absolute atomic E-state index is 6.04. The molecule has 2 atom stereocenters. The zero-order valence-electron chi connectivity index (χ0n) is 8.95. The molecule has 0 aliphatic heterocycles. The standard InChI is InChI=1S/C12H17NS/c1-12(2)10(11(12)13)8-4-6-9(14-3)7-5-8/h4-7,10-11H,13H2,1-3H3. The Bertz CT molecular complexity index is 329. The molecule has 1 nitrogen and oxygen atoms in total. The van der Waals surface area contributed by atoms with E-state index < -0.39 is 0 Å². The summed E-state index contributed by atoms with van der Waals surface area (Å²) in [5.74, 6) is 0.554. The molecule has 1 aromatic rings. The predicted molar refractivity (Wildman–Crippen MR) is 62.7 cm³/mol. The molecule has 1 aromatic carbocycles. The van der Waals surface area contributed by atoms with Crippen molar-refractivity contribution in [2.24, 2.45) is 11.1 Å². The highest BCUT2D eigenvalue weighted by atomic mass is 32.2. The van der Waals surface area contributed by atoms with Crippen LogP contribution in [0.25, 0.3) is 0 Å². The van der Waals surface area contributed by atoms with Crippen LogP contribution in [-0.4, -0.2) is 12.3 Å². The first-order valence-electron chi connectivity index (χ1n) is 4.97. The Morgan fingerprint density at radius 1 is 1.21 bits per heavy atom. The summed E-state index contributed by atoms with van der Waals surface area (Å²) in [5.41, 5.74) is 7.72. The average molecular weight is 207 g/mol. The first-order valence-corrected chi connectivity index (χ1v) is 6.19. The summed E-state index contributed by atoms with van der Waals surface area (Å²) in [5, 5.41) is 0. The Morgan fingerprint density at radius 3 is 2.07 bits per heavy atom. The highest BCUT2D eigenvalue weighted by molar-refractivity contribution is 7.98. The summed E-state index contributed by atoms with van der Waals surface area (Å²) < 4.78 is 0. The molecule has 0 saturated heterocycles. The molecule has 1 saturated carbocycles. The van der Waals surface area contributed by atoms with Crippen LogP contribution >= 0.6 is 11.8 Å². The smallest absolute Gasteiger partial charge is 0.0172 e. The van der Waals surface area contributed by atoms with Gasteiger partial charge in [0, 0.05) is 16.9 Å². The number of nitrogens with two attached hydrogens (primary N) is 1. The lowest BCUT2D eigenvalue weighted by Gasteiger charge is -2.03. The van der Waals surface area contributed by atoms with Crippen LogP contribution in [0.15, 0.2) is 29.2 Å². The Morgan fingerprint density at radius 2 is 1.71 bits per heavy atom. The highest BCUT2D eigenvalue weighted by Crippen LogP contribution is 2.57. The first-order chi connectivity index (χ1) is 6.57. The van der Waals surface area contributed by atoms with Crippen LogP contribution in [0.2, 0.25) is 0 Å². The Balaban J connectivity index is 2.20. The van der Waals surface area contributed by atoms with E-state index in [1.807, 2.05) is 0 Å². The summed E-state index contributed by atoms with van der Waals surface area (Å²) in [7, 11) is 0. The van der Waals surface area contributed by atoms with E-state index in [4.69, 9.17) is 5.73 Å². The predicted octanol–water partition coefficient (Wildman–Crippen LogP) is 2.86. The third-order valence-corrected chi connectivity index (χ3v) is 4.13. The summed E-state index contributed by atoms with van der Waals surface area (Å²) in [6, 6.07) is 9.13. The van der Waals surface area contributed by atoms with Gasteiger partial charge in [-0.3, -0.25) is 0 Å². The SMILES string of the molecule is CSc1ccc(C2C(N)C2(C)C)cc1. The van der Waals surface area contributed by atoms with E-state index in [2.05, 4.69) is 44.4 Å². The van der Waals surface area contributed by atoms with Gasteiger partial charge in [0.1, 0.15) is 0 Å². The second kappa shape index (κ2) is 3.28. The van der Waals surface area contributed by atoms with E-state index in [1.165, 1.54) is 10.5 Å². The second-order valence-corrected chi connectivity index (χ2v) is 5.48. The fraction of sp³-hybridized carbons (Fsp3) is 0.500. The molecule has 0 aromatic heterocycles. The van der Waals surface area contributed by atoms with Gasteiger partial charge in [0.15, 0.2) is 0 Å². The third-order valence-electron chi connectivity index (χ3n) is 3.39. The second-order valence-electron chi connectivity index (χ2n) is 4.60. The van der Waals surface area contributed by atoms with Crippen LogP contribution in [0.4, 0.5) is 0 Å². The van der Waals surface area contributed by atoms with Crippen LogP contribution in [0.3, 0.4) is 0 Å². The molecule has 0 radical (unpaired) electrons. The maximum Gasteiger partial charge on any atom is 0.0172 e. The van der Waals surface area contributed by atoms with Gasteiger partial charge in [-0.25, -0.2) is 0 Å². The molecule has 0 spiro atoms. The molecule has 0 heterocycles. The van der Waals surface area contributed by atoms with Crippen molar-refractivity contribution in [1.29, 1.82) is 0 Å². The van der Waals surface area contributed by atoms with Crippen molar-refractivity contribution in [3.8, 4) is 0 Å². The van der Waals surface area contributed by atoms with E-state index in [0.29, 0.717) is 17.4 Å². The molecule has 14 heavy (non-hydrogen) atoms. The van der Waals surface area contributed by atoms with Crippen molar-refractivity contribution in [2.75, 3.05) is 6.26 Å². The van der Waals surface area contributed by atoms with E-state index in [-0.39, 0.29) is 0 Å². The van der Waals surface area contributed by atoms with Gasteiger partial charge >= 0.3 is 0 Å². The summed E-state index contributed by atoms with van der Waals surface area (Å²) in [6.45, 7) is 4.48. The van der Waals surface area contributed by atoms with Crippen molar-refractivity contribution < 1.29 is 0 Å². The van der Waals surface area contributed by atoms with Crippen LogP contribution < -0.4 is 5.73 Å². The monoisotopic (exact) mass is 207 g/mol. The quantitative estimate of drug-likeness (QED) is 0.755. The highest BCUT2D eigenvalue weighted by Gasteiger charge is 2.55. The van der Waals surface area contributed by atoms with E-state index in [0.717, 1.165) is 0 Å². The molecule has 2 heteroatoms. The van der Waals surface area contributed by atoms with Gasteiger partial charge in [0.2, 0.25) is 0 Å². The fourth-order valence-electron chi connectivity index (χ4n) is 2.13. The molecule has 1 fully saturated rings. The molecule has 1 aliphatic rings. The summed E-state index contributed by atoms with van der Waals surface area (Å²) in [4.78, 5) is 1.32. The normalized spacial score (nSPS) is 28.9. The van der Waals surface area contributed by atoms with Gasteiger partial charge in [-0.1, -0.05) is 26.0 Å². The van der Waals surface area contributed by atoms with E-state index >= 15 is 0 Å². The zero-order chi connectivity index (χ0) is 10.3. The van der Waals surface area contributed by atoms with Gasteiger partial charge in [-0.15, -0.1) is 11.8 Å². The lowest BCUT2D eigenvalue weighted by Crippen LogP contribution is -2.06. The minimum atomic E-state index is 0.293. The topological polar surface area (TPSA) is 26.0 Å². The van der Waals surface area contributed by atoms with Crippen molar-refractivity contribution in [2.45, 2.75) is 30.7 Å². The Labute approximate surface area is 90.1 Å². The van der Waals surface area contributed by atoms with Gasteiger partial charge in [0.25, 0.3) is 0 Å². The van der Waals surface area contributed by atoms with Crippen LogP contribution in [0, 0.1) is 5.41 Å². The fourth-order valence-corrected chi connectivity index (χ4v) is 2.53. The largest absolute Gasteiger partial charge is 0.327 e. The molecule has 76 valence electrons. The van der Waals surface area contributed by atoms with Crippen LogP contribution in [0.1, 0.15) is 25.3 Å². The van der Waals surface area contributed by atoms with Gasteiger partial charge < -0.3 is 5.73 Å². The van der Waals surface area contributed by atoms with E-state index in [9.17, 15) is 0 Å². The van der Waals surface area contributed by atoms with Gasteiger partial charge in [0.05, 0.1) is 0 Å². The zero-order valence-corrected chi connectivity index (χ0v) is 9.77. The Hall–Kier alpha value is -0.470. The summed E-state index contributed by atoms with van der Waals surface area (Å²) >= 11 is 1.78. The number of hydrogen-bond donors (Lipinski definition) is 1. The lowest BCUT2D eigenvalue weighted by atomic mass is 10.0. The first kappa shape index (κ1) is 10.1. The number of hydrogen-bond acceptors (Lipinski definition) is 2. The molecule has 0 amide bonds. The summed E-state index contributed by atoms with van der Waals surface area (Å²) in [6.07, 6.45) is 2.10. The molecule has 1 aliphatic carbocycles. The number of benzene rings is 1. The molecule has 2 unspecified atom stereocenters. The van der Waals surface area contributed by atoms with E-state index in [1.54, 1.807) is 11.8 Å². The van der Waals surface area contributed by atoms with Crippen molar-refractivity contribution >= 4 is 11.8 Å². The lowest BCUT2D eigenvalue weighted by molar-refractivity contribution is 0.599. The molecule has 2 rings (SSSR count). The average Bonchev–Trinajstić information content (AvgIpc) is 2.67. The van der Waals surface area contributed by atoms with Crippen molar-refractivity contribution in [1.82, 2.24) is 0 Å². The molecular formula is C12H17NS. The minimum Gasteiger partial charge on any atom is -0.327 e. The van der Waals surface area contributed by atoms with Crippen LogP contribution in [0.5, 0.6) is 0 Å². The number of rotatable bonds is 2. The third kappa shape index (κ3) is 1.47. The van der Waals surface area contributed by atoms with Crippen molar-refractivity contribution in [3.63, 3.8) is 0 Å². The van der Waals surface area contributed by atoms with Gasteiger partial charge in [-0.2, -0.15) is 0 Å².